The van der Waals surface area contributed by atoms with Crippen LogP contribution in [-0.4, -0.2) is 60.5 Å². The van der Waals surface area contributed by atoms with Crippen molar-refractivity contribution in [2.75, 3.05) is 26.8 Å². The van der Waals surface area contributed by atoms with E-state index in [0.29, 0.717) is 0 Å². The fourth-order valence-corrected chi connectivity index (χ4v) is 2.35. The Kier molecular flexibility index (Phi) is 5.88. The zero-order chi connectivity index (χ0) is 18.4. The van der Waals surface area contributed by atoms with Gasteiger partial charge in [0, 0.05) is 25.2 Å². The molecule has 1 atom stereocenters. The van der Waals surface area contributed by atoms with Crippen LogP contribution in [0.5, 0.6) is 5.75 Å². The normalized spacial score (nSPS) is 16.8. The standard InChI is InChI=1S/C15H17N3O7/c1-24-14(20)8-12-15(21)16-6-7-17(12)13(19)9-25-11-4-2-10(3-5-11)18(22)23/h2-5,12H,6-9H2,1H3,(H,16,21). The molecule has 1 aromatic rings. The van der Waals surface area contributed by atoms with Crippen molar-refractivity contribution in [3.63, 3.8) is 0 Å². The van der Waals surface area contributed by atoms with Crippen LogP contribution in [0.4, 0.5) is 5.69 Å². The molecule has 25 heavy (non-hydrogen) atoms. The molecule has 2 rings (SSSR count). The number of amides is 2. The molecule has 0 spiro atoms. The fraction of sp³-hybridized carbons (Fsp3) is 0.400. The van der Waals surface area contributed by atoms with Gasteiger partial charge in [-0.2, -0.15) is 0 Å². The molecule has 10 nitrogen and oxygen atoms in total. The number of esters is 1. The number of nitro benzene ring substituents is 1. The lowest BCUT2D eigenvalue weighted by atomic mass is 10.1. The zero-order valence-corrected chi connectivity index (χ0v) is 13.5. The number of carbonyl (C=O) groups is 3. The summed E-state index contributed by atoms with van der Waals surface area (Å²) in [5.74, 6) is -1.22. The summed E-state index contributed by atoms with van der Waals surface area (Å²) in [5, 5.41) is 13.2. The second-order valence-corrected chi connectivity index (χ2v) is 5.21. The van der Waals surface area contributed by atoms with Crippen LogP contribution in [0.15, 0.2) is 24.3 Å². The number of nitro groups is 1. The molecule has 0 aliphatic carbocycles. The first-order valence-corrected chi connectivity index (χ1v) is 7.43. The quantitative estimate of drug-likeness (QED) is 0.429. The number of non-ortho nitro benzene ring substituents is 1. The summed E-state index contributed by atoms with van der Waals surface area (Å²) in [6.07, 6.45) is -0.244. The lowest BCUT2D eigenvalue weighted by molar-refractivity contribution is -0.384. The van der Waals surface area contributed by atoms with E-state index in [2.05, 4.69) is 10.1 Å². The minimum atomic E-state index is -0.950. The molecule has 1 aliphatic rings. The van der Waals surface area contributed by atoms with Crippen molar-refractivity contribution >= 4 is 23.5 Å². The summed E-state index contributed by atoms with van der Waals surface area (Å²) in [6, 6.07) is 4.32. The Bertz CT molecular complexity index is 674. The molecule has 0 aromatic heterocycles. The SMILES string of the molecule is COC(=O)CC1C(=O)NCCN1C(=O)COc1ccc([N+](=O)[O-])cc1. The average molecular weight is 351 g/mol. The van der Waals surface area contributed by atoms with Gasteiger partial charge in [-0.3, -0.25) is 24.5 Å². The van der Waals surface area contributed by atoms with Crippen LogP contribution in [0.25, 0.3) is 0 Å². The first kappa shape index (κ1) is 18.2. The van der Waals surface area contributed by atoms with E-state index in [-0.39, 0.29) is 37.6 Å². The third-order valence-corrected chi connectivity index (χ3v) is 3.65. The predicted molar refractivity (Wildman–Crippen MR) is 83.7 cm³/mol. The van der Waals surface area contributed by atoms with Crippen LogP contribution in [0.2, 0.25) is 0 Å². The summed E-state index contributed by atoms with van der Waals surface area (Å²) >= 11 is 0. The number of carbonyl (C=O) groups excluding carboxylic acids is 3. The maximum absolute atomic E-state index is 12.3. The van der Waals surface area contributed by atoms with E-state index in [1.807, 2.05) is 0 Å². The Hall–Kier alpha value is -3.17. The number of methoxy groups -OCH3 is 1. The molecule has 10 heteroatoms. The topological polar surface area (TPSA) is 128 Å². The second-order valence-electron chi connectivity index (χ2n) is 5.21. The van der Waals surface area contributed by atoms with Gasteiger partial charge >= 0.3 is 5.97 Å². The minimum absolute atomic E-state index is 0.0930. The van der Waals surface area contributed by atoms with Gasteiger partial charge in [0.1, 0.15) is 11.8 Å². The molecule has 1 fully saturated rings. The summed E-state index contributed by atoms with van der Waals surface area (Å²) in [7, 11) is 1.20. The third-order valence-electron chi connectivity index (χ3n) is 3.65. The van der Waals surface area contributed by atoms with Crippen molar-refractivity contribution in [3.05, 3.63) is 34.4 Å². The molecule has 1 heterocycles. The minimum Gasteiger partial charge on any atom is -0.484 e. The number of piperazine rings is 1. The number of nitrogens with zero attached hydrogens (tertiary/aromatic N) is 2. The number of rotatable bonds is 6. The van der Waals surface area contributed by atoms with Gasteiger partial charge in [0.05, 0.1) is 18.5 Å². The van der Waals surface area contributed by atoms with E-state index in [1.54, 1.807) is 0 Å². The smallest absolute Gasteiger partial charge is 0.308 e. The first-order valence-electron chi connectivity index (χ1n) is 7.43. The summed E-state index contributed by atoms with van der Waals surface area (Å²) in [6.45, 7) is 0.165. The van der Waals surface area contributed by atoms with Crippen LogP contribution in [0.1, 0.15) is 6.42 Å². The van der Waals surface area contributed by atoms with Crippen molar-refractivity contribution in [1.29, 1.82) is 0 Å². The molecular formula is C15H17N3O7. The van der Waals surface area contributed by atoms with Crippen molar-refractivity contribution in [3.8, 4) is 5.75 Å². The number of hydrogen-bond acceptors (Lipinski definition) is 7. The van der Waals surface area contributed by atoms with Crippen LogP contribution < -0.4 is 10.1 Å². The third kappa shape index (κ3) is 4.66. The van der Waals surface area contributed by atoms with Crippen LogP contribution >= 0.6 is 0 Å². The van der Waals surface area contributed by atoms with E-state index >= 15 is 0 Å². The number of nitrogens with one attached hydrogen (secondary N) is 1. The van der Waals surface area contributed by atoms with Crippen molar-refractivity contribution in [2.24, 2.45) is 0 Å². The molecule has 0 saturated carbocycles. The van der Waals surface area contributed by atoms with E-state index in [1.165, 1.54) is 36.3 Å². The lowest BCUT2D eigenvalue weighted by Crippen LogP contribution is -2.58. The van der Waals surface area contributed by atoms with Gasteiger partial charge in [-0.25, -0.2) is 0 Å². The van der Waals surface area contributed by atoms with Crippen LogP contribution in [-0.2, 0) is 19.1 Å². The van der Waals surface area contributed by atoms with E-state index in [9.17, 15) is 24.5 Å². The van der Waals surface area contributed by atoms with Gasteiger partial charge in [0.2, 0.25) is 5.91 Å². The number of benzene rings is 1. The van der Waals surface area contributed by atoms with Gasteiger partial charge < -0.3 is 19.7 Å². The molecule has 0 radical (unpaired) electrons. The van der Waals surface area contributed by atoms with Crippen LogP contribution in [0.3, 0.4) is 0 Å². The Labute approximate surface area is 142 Å². The Morgan fingerprint density at radius 3 is 2.64 bits per heavy atom. The monoisotopic (exact) mass is 351 g/mol. The van der Waals surface area contributed by atoms with Crippen LogP contribution in [0, 0.1) is 10.1 Å². The molecule has 0 bridgehead atoms. The second kappa shape index (κ2) is 8.08. The van der Waals surface area contributed by atoms with Gasteiger partial charge in [0.25, 0.3) is 11.6 Å². The van der Waals surface area contributed by atoms with E-state index in [4.69, 9.17) is 4.74 Å². The molecule has 2 amide bonds. The molecule has 1 unspecified atom stereocenters. The van der Waals surface area contributed by atoms with Crippen molar-refractivity contribution in [2.45, 2.75) is 12.5 Å². The number of ether oxygens (including phenoxy) is 2. The van der Waals surface area contributed by atoms with E-state index < -0.39 is 28.7 Å². The Morgan fingerprint density at radius 2 is 2.04 bits per heavy atom. The van der Waals surface area contributed by atoms with Crippen molar-refractivity contribution < 1.29 is 28.8 Å². The molecule has 1 N–H and O–H groups in total. The highest BCUT2D eigenvalue weighted by Crippen LogP contribution is 2.18. The van der Waals surface area contributed by atoms with E-state index in [0.717, 1.165) is 0 Å². The van der Waals surface area contributed by atoms with Gasteiger partial charge in [0.15, 0.2) is 6.61 Å². The number of hydrogen-bond donors (Lipinski definition) is 1. The molecule has 1 aromatic carbocycles. The predicted octanol–water partition coefficient (Wildman–Crippen LogP) is -0.136. The first-order chi connectivity index (χ1) is 11.9. The zero-order valence-electron chi connectivity index (χ0n) is 13.5. The van der Waals surface area contributed by atoms with Crippen molar-refractivity contribution in [1.82, 2.24) is 10.2 Å². The summed E-state index contributed by atoms with van der Waals surface area (Å²) < 4.78 is 9.85. The molecule has 1 saturated heterocycles. The lowest BCUT2D eigenvalue weighted by Gasteiger charge is -2.34. The van der Waals surface area contributed by atoms with Gasteiger partial charge in [-0.1, -0.05) is 0 Å². The largest absolute Gasteiger partial charge is 0.484 e. The summed E-state index contributed by atoms with van der Waals surface area (Å²) in [4.78, 5) is 47.0. The molecule has 1 aliphatic heterocycles. The highest BCUT2D eigenvalue weighted by Gasteiger charge is 2.35. The summed E-state index contributed by atoms with van der Waals surface area (Å²) in [5.41, 5.74) is -0.0930. The van der Waals surface area contributed by atoms with Gasteiger partial charge in [-0.05, 0) is 12.1 Å². The fourth-order valence-electron chi connectivity index (χ4n) is 2.35. The molecule has 134 valence electrons. The molecular weight excluding hydrogens is 334 g/mol. The Balaban J connectivity index is 1.98. The average Bonchev–Trinajstić information content (AvgIpc) is 2.61. The van der Waals surface area contributed by atoms with Gasteiger partial charge in [-0.15, -0.1) is 0 Å². The highest BCUT2D eigenvalue weighted by atomic mass is 16.6. The maximum atomic E-state index is 12.3. The highest BCUT2D eigenvalue weighted by molar-refractivity contribution is 5.92. The maximum Gasteiger partial charge on any atom is 0.308 e. The Morgan fingerprint density at radius 1 is 1.36 bits per heavy atom.